The number of benzene rings is 2. The Balaban J connectivity index is 2.37. The minimum Gasteiger partial charge on any atom is -0.381 e. The Bertz CT molecular complexity index is 469. The van der Waals surface area contributed by atoms with E-state index in [1.807, 2.05) is 49.4 Å². The van der Waals surface area contributed by atoms with Crippen molar-refractivity contribution in [2.45, 2.75) is 25.9 Å². The number of rotatable bonds is 3. The van der Waals surface area contributed by atoms with Gasteiger partial charge in [0.2, 0.25) is 0 Å². The highest BCUT2D eigenvalue weighted by atomic mass is 16.3. The summed E-state index contributed by atoms with van der Waals surface area (Å²) >= 11 is 0. The first-order valence-corrected chi connectivity index (χ1v) is 6.02. The maximum Gasteiger partial charge on any atom is 0.112 e. The summed E-state index contributed by atoms with van der Waals surface area (Å²) in [6.45, 7) is 3.97. The van der Waals surface area contributed by atoms with Crippen LogP contribution < -0.4 is 0 Å². The predicted molar refractivity (Wildman–Crippen MR) is 70.9 cm³/mol. The van der Waals surface area contributed by atoms with E-state index in [9.17, 15) is 5.11 Å². The molecule has 0 saturated heterocycles. The molecule has 0 saturated carbocycles. The van der Waals surface area contributed by atoms with Crippen molar-refractivity contribution in [1.29, 1.82) is 0 Å². The molecule has 1 heteroatoms. The monoisotopic (exact) mass is 226 g/mol. The van der Waals surface area contributed by atoms with Crippen molar-refractivity contribution in [3.8, 4) is 0 Å². The Morgan fingerprint density at radius 1 is 0.882 bits per heavy atom. The molecule has 0 radical (unpaired) electrons. The van der Waals surface area contributed by atoms with E-state index in [1.54, 1.807) is 0 Å². The van der Waals surface area contributed by atoms with Gasteiger partial charge in [0.1, 0.15) is 5.60 Å². The van der Waals surface area contributed by atoms with E-state index < -0.39 is 5.60 Å². The average molecular weight is 226 g/mol. The summed E-state index contributed by atoms with van der Waals surface area (Å²) in [5, 5.41) is 10.6. The second-order valence-electron chi connectivity index (χ2n) is 4.49. The fourth-order valence-electron chi connectivity index (χ4n) is 1.99. The van der Waals surface area contributed by atoms with Crippen LogP contribution in [-0.4, -0.2) is 5.11 Å². The molecule has 0 fully saturated rings. The van der Waals surface area contributed by atoms with Gasteiger partial charge in [-0.3, -0.25) is 0 Å². The van der Waals surface area contributed by atoms with Crippen molar-refractivity contribution in [1.82, 2.24) is 0 Å². The normalized spacial score (nSPS) is 14.3. The molecule has 0 amide bonds. The Kier molecular flexibility index (Phi) is 3.30. The molecule has 0 aliphatic rings. The van der Waals surface area contributed by atoms with Crippen LogP contribution in [0.1, 0.15) is 30.5 Å². The number of aliphatic hydroxyl groups is 1. The molecule has 0 heterocycles. The molecule has 2 aromatic rings. The van der Waals surface area contributed by atoms with Gasteiger partial charge < -0.3 is 5.11 Å². The molecule has 0 aliphatic carbocycles. The molecule has 17 heavy (non-hydrogen) atoms. The van der Waals surface area contributed by atoms with Crippen LogP contribution in [0.3, 0.4) is 0 Å². The van der Waals surface area contributed by atoms with Gasteiger partial charge in [0.15, 0.2) is 0 Å². The highest BCUT2D eigenvalue weighted by Crippen LogP contribution is 2.28. The van der Waals surface area contributed by atoms with Crippen LogP contribution in [-0.2, 0) is 12.0 Å². The summed E-state index contributed by atoms with van der Waals surface area (Å²) < 4.78 is 0. The Hall–Kier alpha value is -1.60. The largest absolute Gasteiger partial charge is 0.381 e. The van der Waals surface area contributed by atoms with E-state index >= 15 is 0 Å². The molecule has 2 rings (SSSR count). The van der Waals surface area contributed by atoms with Gasteiger partial charge in [-0.2, -0.15) is 0 Å². The smallest absolute Gasteiger partial charge is 0.112 e. The summed E-state index contributed by atoms with van der Waals surface area (Å²) in [5.74, 6) is 0. The highest BCUT2D eigenvalue weighted by molar-refractivity contribution is 5.36. The third-order valence-corrected chi connectivity index (χ3v) is 3.26. The van der Waals surface area contributed by atoms with E-state index in [0.717, 1.165) is 17.5 Å². The van der Waals surface area contributed by atoms with Crippen LogP contribution in [0, 0.1) is 0 Å². The van der Waals surface area contributed by atoms with E-state index in [0.29, 0.717) is 0 Å². The van der Waals surface area contributed by atoms with E-state index in [2.05, 4.69) is 19.1 Å². The molecule has 1 atom stereocenters. The van der Waals surface area contributed by atoms with Gasteiger partial charge in [0, 0.05) is 0 Å². The molecule has 2 aromatic carbocycles. The fourth-order valence-corrected chi connectivity index (χ4v) is 1.99. The minimum absolute atomic E-state index is 0.921. The number of hydrogen-bond acceptors (Lipinski definition) is 1. The van der Waals surface area contributed by atoms with Crippen molar-refractivity contribution in [3.05, 3.63) is 71.3 Å². The number of hydrogen-bond donors (Lipinski definition) is 1. The fraction of sp³-hybridized carbons (Fsp3) is 0.250. The second kappa shape index (κ2) is 4.72. The van der Waals surface area contributed by atoms with Gasteiger partial charge in [-0.15, -0.1) is 0 Å². The Morgan fingerprint density at radius 2 is 1.41 bits per heavy atom. The van der Waals surface area contributed by atoms with Gasteiger partial charge in [0.25, 0.3) is 0 Å². The molecule has 0 spiro atoms. The summed E-state index contributed by atoms with van der Waals surface area (Å²) in [4.78, 5) is 0. The van der Waals surface area contributed by atoms with Crippen molar-refractivity contribution < 1.29 is 5.11 Å². The van der Waals surface area contributed by atoms with Crippen molar-refractivity contribution in [2.24, 2.45) is 0 Å². The van der Waals surface area contributed by atoms with Gasteiger partial charge >= 0.3 is 0 Å². The Morgan fingerprint density at radius 3 is 1.94 bits per heavy atom. The zero-order valence-electron chi connectivity index (χ0n) is 10.4. The van der Waals surface area contributed by atoms with Gasteiger partial charge in [0.05, 0.1) is 0 Å². The Labute approximate surface area is 103 Å². The molecule has 0 bridgehead atoms. The van der Waals surface area contributed by atoms with Crippen LogP contribution in [0.5, 0.6) is 0 Å². The lowest BCUT2D eigenvalue weighted by Crippen LogP contribution is -2.22. The van der Waals surface area contributed by atoms with E-state index in [4.69, 9.17) is 0 Å². The lowest BCUT2D eigenvalue weighted by Gasteiger charge is -2.24. The van der Waals surface area contributed by atoms with E-state index in [1.165, 1.54) is 5.56 Å². The quantitative estimate of drug-likeness (QED) is 0.849. The maximum absolute atomic E-state index is 10.6. The van der Waals surface area contributed by atoms with Crippen LogP contribution in [0.4, 0.5) is 0 Å². The summed E-state index contributed by atoms with van der Waals surface area (Å²) in [5.41, 5.74) is 2.22. The van der Waals surface area contributed by atoms with Gasteiger partial charge in [-0.1, -0.05) is 61.5 Å². The molecule has 0 aliphatic heterocycles. The van der Waals surface area contributed by atoms with Crippen molar-refractivity contribution in [2.75, 3.05) is 0 Å². The third kappa shape index (κ3) is 2.40. The molecule has 1 nitrogen and oxygen atoms in total. The van der Waals surface area contributed by atoms with Gasteiger partial charge in [-0.25, -0.2) is 0 Å². The van der Waals surface area contributed by atoms with Crippen molar-refractivity contribution in [3.63, 3.8) is 0 Å². The topological polar surface area (TPSA) is 20.2 Å². The van der Waals surface area contributed by atoms with Gasteiger partial charge in [-0.05, 0) is 30.0 Å². The third-order valence-electron chi connectivity index (χ3n) is 3.26. The molecular weight excluding hydrogens is 208 g/mol. The van der Waals surface area contributed by atoms with E-state index in [-0.39, 0.29) is 0 Å². The first-order valence-electron chi connectivity index (χ1n) is 6.02. The molecule has 1 unspecified atom stereocenters. The van der Waals surface area contributed by atoms with Crippen molar-refractivity contribution >= 4 is 0 Å². The van der Waals surface area contributed by atoms with Crippen LogP contribution in [0.25, 0.3) is 0 Å². The minimum atomic E-state index is -0.923. The zero-order chi connectivity index (χ0) is 12.3. The first kappa shape index (κ1) is 11.9. The van der Waals surface area contributed by atoms with Crippen LogP contribution in [0.2, 0.25) is 0 Å². The lowest BCUT2D eigenvalue weighted by atomic mass is 9.88. The molecule has 1 N–H and O–H groups in total. The zero-order valence-corrected chi connectivity index (χ0v) is 10.4. The number of aryl methyl sites for hydroxylation is 1. The first-order chi connectivity index (χ1) is 8.14. The second-order valence-corrected chi connectivity index (χ2v) is 4.49. The lowest BCUT2D eigenvalue weighted by molar-refractivity contribution is 0.102. The molecular formula is C16H18O. The summed E-state index contributed by atoms with van der Waals surface area (Å²) in [7, 11) is 0. The highest BCUT2D eigenvalue weighted by Gasteiger charge is 2.24. The van der Waals surface area contributed by atoms with Crippen LogP contribution >= 0.6 is 0 Å². The standard InChI is InChI=1S/C16H18O/c1-3-13-9-11-15(12-10-13)16(2,17)14-7-5-4-6-8-14/h4-12,17H,3H2,1-2H3. The average Bonchev–Trinajstić information content (AvgIpc) is 2.40. The summed E-state index contributed by atoms with van der Waals surface area (Å²) in [6, 6.07) is 17.9. The van der Waals surface area contributed by atoms with Crippen LogP contribution in [0.15, 0.2) is 54.6 Å². The summed E-state index contributed by atoms with van der Waals surface area (Å²) in [6.07, 6.45) is 1.02. The SMILES string of the molecule is CCc1ccc(C(C)(O)c2ccccc2)cc1. The maximum atomic E-state index is 10.6. The predicted octanol–water partition coefficient (Wildman–Crippen LogP) is 3.50. The molecule has 0 aromatic heterocycles. The molecule has 88 valence electrons.